The molecular formula is C14H19Cl2NO2. The average molecular weight is 304 g/mol. The fourth-order valence-corrected chi connectivity index (χ4v) is 2.26. The van der Waals surface area contributed by atoms with Gasteiger partial charge in [-0.3, -0.25) is 4.79 Å². The predicted molar refractivity (Wildman–Crippen MR) is 78.8 cm³/mol. The van der Waals surface area contributed by atoms with E-state index in [9.17, 15) is 4.79 Å². The number of aliphatic carboxylic acids is 1. The number of carbonyl (C=O) groups is 1. The van der Waals surface area contributed by atoms with E-state index in [0.717, 1.165) is 24.8 Å². The summed E-state index contributed by atoms with van der Waals surface area (Å²) in [4.78, 5) is 10.6. The lowest BCUT2D eigenvalue weighted by Crippen LogP contribution is -2.30. The van der Waals surface area contributed by atoms with Gasteiger partial charge in [0.05, 0.1) is 16.5 Å². The molecule has 2 unspecified atom stereocenters. The van der Waals surface area contributed by atoms with Crippen LogP contribution in [0.5, 0.6) is 0 Å². The second-order valence-corrected chi connectivity index (χ2v) is 5.69. The Balaban J connectivity index is 2.37. The lowest BCUT2D eigenvalue weighted by atomic mass is 9.93. The number of hydrogen-bond acceptors (Lipinski definition) is 2. The van der Waals surface area contributed by atoms with E-state index in [1.165, 1.54) is 0 Å². The first-order valence-corrected chi connectivity index (χ1v) is 7.07. The summed E-state index contributed by atoms with van der Waals surface area (Å²) in [5.41, 5.74) is 6.95. The van der Waals surface area contributed by atoms with Crippen LogP contribution in [0.15, 0.2) is 18.2 Å². The van der Waals surface area contributed by atoms with Crippen molar-refractivity contribution in [1.29, 1.82) is 0 Å². The van der Waals surface area contributed by atoms with E-state index in [0.29, 0.717) is 10.0 Å². The van der Waals surface area contributed by atoms with Crippen LogP contribution in [0.2, 0.25) is 10.0 Å². The Kier molecular flexibility index (Phi) is 6.63. The molecule has 2 atom stereocenters. The molecule has 0 spiro atoms. The average Bonchev–Trinajstić information content (AvgIpc) is 2.32. The maximum absolute atomic E-state index is 10.6. The molecule has 3 N–H and O–H groups in total. The van der Waals surface area contributed by atoms with E-state index in [4.69, 9.17) is 34.0 Å². The van der Waals surface area contributed by atoms with Gasteiger partial charge in [-0.1, -0.05) is 36.2 Å². The highest BCUT2D eigenvalue weighted by atomic mass is 35.5. The number of hydrogen-bond donors (Lipinski definition) is 2. The lowest BCUT2D eigenvalue weighted by molar-refractivity contribution is -0.137. The van der Waals surface area contributed by atoms with Crippen molar-refractivity contribution in [2.45, 2.75) is 38.6 Å². The molecule has 1 rings (SSSR count). The normalized spacial score (nSPS) is 14.1. The van der Waals surface area contributed by atoms with Crippen LogP contribution < -0.4 is 5.73 Å². The van der Waals surface area contributed by atoms with Crippen molar-refractivity contribution in [1.82, 2.24) is 0 Å². The standard InChI is InChI=1S/C14H19Cl2NO2/c1-9(13(17)8-14(18)19)3-2-4-10-5-6-11(15)12(16)7-10/h5-7,9,13H,2-4,8,17H2,1H3,(H,18,19). The van der Waals surface area contributed by atoms with Crippen LogP contribution in [0.1, 0.15) is 31.7 Å². The first-order chi connectivity index (χ1) is 8.90. The third-order valence-electron chi connectivity index (χ3n) is 3.25. The van der Waals surface area contributed by atoms with Gasteiger partial charge in [0.25, 0.3) is 0 Å². The maximum atomic E-state index is 10.6. The van der Waals surface area contributed by atoms with Gasteiger partial charge in [-0.2, -0.15) is 0 Å². The molecule has 0 aliphatic rings. The summed E-state index contributed by atoms with van der Waals surface area (Å²) in [5.74, 6) is -0.650. The summed E-state index contributed by atoms with van der Waals surface area (Å²) in [7, 11) is 0. The smallest absolute Gasteiger partial charge is 0.304 e. The highest BCUT2D eigenvalue weighted by Gasteiger charge is 2.15. The number of nitrogens with two attached hydrogens (primary N) is 1. The van der Waals surface area contributed by atoms with E-state index in [1.807, 2.05) is 19.1 Å². The first kappa shape index (κ1) is 16.3. The van der Waals surface area contributed by atoms with Gasteiger partial charge in [0.2, 0.25) is 0 Å². The van der Waals surface area contributed by atoms with Crippen LogP contribution in [0.4, 0.5) is 0 Å². The highest BCUT2D eigenvalue weighted by molar-refractivity contribution is 6.42. The Morgan fingerprint density at radius 2 is 2.05 bits per heavy atom. The minimum Gasteiger partial charge on any atom is -0.481 e. The molecule has 0 heterocycles. The third kappa shape index (κ3) is 5.81. The van der Waals surface area contributed by atoms with Gasteiger partial charge in [0, 0.05) is 6.04 Å². The van der Waals surface area contributed by atoms with E-state index in [1.54, 1.807) is 6.07 Å². The first-order valence-electron chi connectivity index (χ1n) is 6.31. The lowest BCUT2D eigenvalue weighted by Gasteiger charge is -2.17. The summed E-state index contributed by atoms with van der Waals surface area (Å²) in [6.07, 6.45) is 2.76. The predicted octanol–water partition coefficient (Wildman–Crippen LogP) is 3.75. The Morgan fingerprint density at radius 3 is 2.63 bits per heavy atom. The van der Waals surface area contributed by atoms with E-state index in [2.05, 4.69) is 0 Å². The molecule has 1 aromatic rings. The van der Waals surface area contributed by atoms with Gasteiger partial charge < -0.3 is 10.8 Å². The largest absolute Gasteiger partial charge is 0.481 e. The van der Waals surface area contributed by atoms with Crippen molar-refractivity contribution in [3.05, 3.63) is 33.8 Å². The van der Waals surface area contributed by atoms with Crippen LogP contribution in [0.25, 0.3) is 0 Å². The molecule has 0 bridgehead atoms. The number of carboxylic acids is 1. The molecule has 0 aliphatic carbocycles. The fourth-order valence-electron chi connectivity index (χ4n) is 1.94. The maximum Gasteiger partial charge on any atom is 0.304 e. The molecule has 0 aromatic heterocycles. The number of halogens is 2. The van der Waals surface area contributed by atoms with Crippen LogP contribution in [0.3, 0.4) is 0 Å². The molecule has 19 heavy (non-hydrogen) atoms. The minimum atomic E-state index is -0.844. The van der Waals surface area contributed by atoms with Gasteiger partial charge in [0.15, 0.2) is 0 Å². The number of benzene rings is 1. The fraction of sp³-hybridized carbons (Fsp3) is 0.500. The number of carboxylic acid groups (broad SMARTS) is 1. The molecule has 0 fully saturated rings. The summed E-state index contributed by atoms with van der Waals surface area (Å²) in [5, 5.41) is 9.81. The molecule has 0 saturated heterocycles. The van der Waals surface area contributed by atoms with E-state index in [-0.39, 0.29) is 18.4 Å². The van der Waals surface area contributed by atoms with Crippen molar-refractivity contribution in [3.8, 4) is 0 Å². The molecular weight excluding hydrogens is 285 g/mol. The Morgan fingerprint density at radius 1 is 1.37 bits per heavy atom. The molecule has 0 saturated carbocycles. The SMILES string of the molecule is CC(CCCc1ccc(Cl)c(Cl)c1)C(N)CC(=O)O. The molecule has 3 nitrogen and oxygen atoms in total. The van der Waals surface area contributed by atoms with Gasteiger partial charge >= 0.3 is 5.97 Å². The van der Waals surface area contributed by atoms with Crippen molar-refractivity contribution < 1.29 is 9.90 Å². The van der Waals surface area contributed by atoms with Crippen molar-refractivity contribution in [2.75, 3.05) is 0 Å². The topological polar surface area (TPSA) is 63.3 Å². The molecule has 5 heteroatoms. The van der Waals surface area contributed by atoms with Gasteiger partial charge in [-0.15, -0.1) is 0 Å². The number of rotatable bonds is 7. The van der Waals surface area contributed by atoms with Gasteiger partial charge in [0.1, 0.15) is 0 Å². The third-order valence-corrected chi connectivity index (χ3v) is 3.99. The van der Waals surface area contributed by atoms with Crippen LogP contribution in [0, 0.1) is 5.92 Å². The van der Waals surface area contributed by atoms with Gasteiger partial charge in [-0.25, -0.2) is 0 Å². The Hall–Kier alpha value is -0.770. The van der Waals surface area contributed by atoms with E-state index >= 15 is 0 Å². The monoisotopic (exact) mass is 303 g/mol. The summed E-state index contributed by atoms with van der Waals surface area (Å²) in [6.45, 7) is 1.99. The zero-order valence-corrected chi connectivity index (χ0v) is 12.4. The van der Waals surface area contributed by atoms with Crippen molar-refractivity contribution in [2.24, 2.45) is 11.7 Å². The summed E-state index contributed by atoms with van der Waals surface area (Å²) >= 11 is 11.8. The van der Waals surface area contributed by atoms with Gasteiger partial charge in [-0.05, 0) is 42.9 Å². The minimum absolute atomic E-state index is 0.0218. The Bertz CT molecular complexity index is 437. The van der Waals surface area contributed by atoms with E-state index < -0.39 is 5.97 Å². The van der Waals surface area contributed by atoms with Crippen LogP contribution >= 0.6 is 23.2 Å². The van der Waals surface area contributed by atoms with Crippen molar-refractivity contribution in [3.63, 3.8) is 0 Å². The molecule has 0 aliphatic heterocycles. The number of aryl methyl sites for hydroxylation is 1. The second kappa shape index (κ2) is 7.73. The molecule has 106 valence electrons. The Labute approximate surface area is 123 Å². The molecule has 0 amide bonds. The second-order valence-electron chi connectivity index (χ2n) is 4.88. The zero-order chi connectivity index (χ0) is 14.4. The summed E-state index contributed by atoms with van der Waals surface area (Å²) in [6, 6.07) is 5.33. The zero-order valence-electron chi connectivity index (χ0n) is 10.9. The highest BCUT2D eigenvalue weighted by Crippen LogP contribution is 2.24. The summed E-state index contributed by atoms with van der Waals surface area (Å²) < 4.78 is 0. The van der Waals surface area contributed by atoms with Crippen LogP contribution in [-0.4, -0.2) is 17.1 Å². The molecule has 0 radical (unpaired) electrons. The van der Waals surface area contributed by atoms with Crippen molar-refractivity contribution >= 4 is 29.2 Å². The van der Waals surface area contributed by atoms with Crippen LogP contribution in [-0.2, 0) is 11.2 Å². The quantitative estimate of drug-likeness (QED) is 0.806. The molecule has 1 aromatic carbocycles.